The number of hydrogen-bond acceptors (Lipinski definition) is 4. The number of carbonyl (C=O) groups excluding carboxylic acids is 3. The van der Waals surface area contributed by atoms with Gasteiger partial charge >= 0.3 is 6.03 Å². The number of urea groups is 1. The Bertz CT molecular complexity index is 818. The molecule has 2 heterocycles. The Morgan fingerprint density at radius 2 is 1.81 bits per heavy atom. The maximum atomic E-state index is 13.2. The highest BCUT2D eigenvalue weighted by Gasteiger charge is 2.50. The van der Waals surface area contributed by atoms with E-state index in [4.69, 9.17) is 0 Å². The number of nitrogens with zero attached hydrogens (tertiary/aromatic N) is 4. The molecule has 4 amide bonds. The van der Waals surface area contributed by atoms with Crippen molar-refractivity contribution in [2.75, 3.05) is 26.7 Å². The first-order valence-corrected chi connectivity index (χ1v) is 11.5. The highest BCUT2D eigenvalue weighted by Crippen LogP contribution is 2.28. The summed E-state index contributed by atoms with van der Waals surface area (Å²) in [5.74, 6) is -0.487. The second-order valence-corrected chi connectivity index (χ2v) is 8.52. The molecular formula is C23H34FN5O3. The second-order valence-electron chi connectivity index (χ2n) is 8.52. The van der Waals surface area contributed by atoms with Gasteiger partial charge in [-0.05, 0) is 30.5 Å². The standard InChI is InChI=1S/C23H34FN5O3/c1-4-6-8-19-22(31)27(13-7-5-2)15-20-28(19)21(30)16-26(3)29(20)23(32)25-14-17-9-11-18(24)12-10-17/h9-12,19-20H,4-8,13-16H2,1-3H3,(H,25,32)/t19-,20?/m0/s1. The van der Waals surface area contributed by atoms with Crippen LogP contribution in [0, 0.1) is 5.82 Å². The maximum absolute atomic E-state index is 13.2. The van der Waals surface area contributed by atoms with Crippen LogP contribution in [-0.2, 0) is 16.1 Å². The van der Waals surface area contributed by atoms with Crippen LogP contribution in [0.15, 0.2) is 24.3 Å². The first-order valence-electron chi connectivity index (χ1n) is 11.5. The minimum atomic E-state index is -0.550. The average molecular weight is 448 g/mol. The molecule has 176 valence electrons. The van der Waals surface area contributed by atoms with Crippen molar-refractivity contribution in [3.05, 3.63) is 35.6 Å². The Labute approximate surface area is 189 Å². The van der Waals surface area contributed by atoms with Gasteiger partial charge in [0, 0.05) is 20.1 Å². The predicted molar refractivity (Wildman–Crippen MR) is 119 cm³/mol. The van der Waals surface area contributed by atoms with Crippen LogP contribution in [0.2, 0.25) is 0 Å². The number of hydrazine groups is 1. The third kappa shape index (κ3) is 5.20. The highest BCUT2D eigenvalue weighted by atomic mass is 19.1. The summed E-state index contributed by atoms with van der Waals surface area (Å²) in [7, 11) is 1.71. The van der Waals surface area contributed by atoms with Crippen LogP contribution in [0.4, 0.5) is 9.18 Å². The Kier molecular flexibility index (Phi) is 8.06. The van der Waals surface area contributed by atoms with E-state index in [0.717, 1.165) is 31.2 Å². The van der Waals surface area contributed by atoms with Crippen LogP contribution in [0.5, 0.6) is 0 Å². The summed E-state index contributed by atoms with van der Waals surface area (Å²) in [6.45, 7) is 5.31. The molecule has 2 fully saturated rings. The Balaban J connectivity index is 1.81. The molecule has 0 aromatic heterocycles. The molecule has 2 aliphatic rings. The molecule has 1 unspecified atom stereocenters. The first-order chi connectivity index (χ1) is 15.4. The molecule has 8 nitrogen and oxygen atoms in total. The lowest BCUT2D eigenvalue weighted by Crippen LogP contribution is -2.75. The van der Waals surface area contributed by atoms with Gasteiger partial charge in [0.2, 0.25) is 11.8 Å². The van der Waals surface area contributed by atoms with E-state index in [1.54, 1.807) is 39.0 Å². The number of fused-ring (bicyclic) bond motifs is 1. The summed E-state index contributed by atoms with van der Waals surface area (Å²) >= 11 is 0. The Hall–Kier alpha value is -2.68. The molecule has 0 aliphatic carbocycles. The third-order valence-electron chi connectivity index (χ3n) is 6.12. The van der Waals surface area contributed by atoms with Gasteiger partial charge < -0.3 is 15.1 Å². The van der Waals surface area contributed by atoms with Crippen LogP contribution in [0.3, 0.4) is 0 Å². The zero-order valence-corrected chi connectivity index (χ0v) is 19.2. The lowest BCUT2D eigenvalue weighted by Gasteiger charge is -2.54. The molecule has 2 atom stereocenters. The summed E-state index contributed by atoms with van der Waals surface area (Å²) in [5, 5.41) is 6.05. The molecule has 1 aromatic rings. The van der Waals surface area contributed by atoms with Crippen molar-refractivity contribution in [3.8, 4) is 0 Å². The third-order valence-corrected chi connectivity index (χ3v) is 6.12. The molecule has 0 bridgehead atoms. The number of likely N-dealkylation sites (N-methyl/N-ethyl adjacent to an activating group) is 1. The molecule has 1 aromatic carbocycles. The van der Waals surface area contributed by atoms with Gasteiger partial charge in [-0.15, -0.1) is 0 Å². The van der Waals surface area contributed by atoms with E-state index in [0.29, 0.717) is 19.5 Å². The molecule has 9 heteroatoms. The van der Waals surface area contributed by atoms with Crippen molar-refractivity contribution < 1.29 is 18.8 Å². The fourth-order valence-corrected chi connectivity index (χ4v) is 4.39. The number of nitrogens with one attached hydrogen (secondary N) is 1. The van der Waals surface area contributed by atoms with Crippen molar-refractivity contribution in [3.63, 3.8) is 0 Å². The van der Waals surface area contributed by atoms with Crippen molar-refractivity contribution in [1.29, 1.82) is 0 Å². The summed E-state index contributed by atoms with van der Waals surface area (Å²) in [6.07, 6.45) is 3.63. The number of rotatable bonds is 8. The van der Waals surface area contributed by atoms with Gasteiger partial charge in [0.25, 0.3) is 0 Å². The monoisotopic (exact) mass is 447 g/mol. The predicted octanol–water partition coefficient (Wildman–Crippen LogP) is 2.55. The molecule has 0 saturated carbocycles. The van der Waals surface area contributed by atoms with E-state index in [9.17, 15) is 18.8 Å². The van der Waals surface area contributed by atoms with E-state index in [1.165, 1.54) is 12.1 Å². The van der Waals surface area contributed by atoms with E-state index < -0.39 is 12.2 Å². The molecular weight excluding hydrogens is 413 g/mol. The van der Waals surface area contributed by atoms with Crippen LogP contribution in [0.25, 0.3) is 0 Å². The highest BCUT2D eigenvalue weighted by molar-refractivity contribution is 5.91. The maximum Gasteiger partial charge on any atom is 0.334 e. The minimum Gasteiger partial charge on any atom is -0.337 e. The van der Waals surface area contributed by atoms with Gasteiger partial charge in [0.05, 0.1) is 13.1 Å². The summed E-state index contributed by atoms with van der Waals surface area (Å²) < 4.78 is 13.2. The smallest absolute Gasteiger partial charge is 0.334 e. The number of hydrogen-bond donors (Lipinski definition) is 1. The normalized spacial score (nSPS) is 21.7. The number of halogens is 1. The van der Waals surface area contributed by atoms with E-state index in [2.05, 4.69) is 19.2 Å². The Morgan fingerprint density at radius 3 is 2.47 bits per heavy atom. The fraction of sp³-hybridized carbons (Fsp3) is 0.609. The Morgan fingerprint density at radius 1 is 1.12 bits per heavy atom. The van der Waals surface area contributed by atoms with E-state index >= 15 is 0 Å². The zero-order chi connectivity index (χ0) is 23.3. The van der Waals surface area contributed by atoms with Gasteiger partial charge in [-0.25, -0.2) is 19.2 Å². The average Bonchev–Trinajstić information content (AvgIpc) is 2.77. The summed E-state index contributed by atoms with van der Waals surface area (Å²) in [6, 6.07) is 5.06. The number of piperazine rings is 1. The van der Waals surface area contributed by atoms with Gasteiger partial charge in [-0.1, -0.05) is 45.2 Å². The minimum absolute atomic E-state index is 0.0206. The molecule has 0 spiro atoms. The van der Waals surface area contributed by atoms with Crippen LogP contribution in [-0.4, -0.2) is 76.6 Å². The summed E-state index contributed by atoms with van der Waals surface area (Å²) in [4.78, 5) is 42.8. The summed E-state index contributed by atoms with van der Waals surface area (Å²) in [5.41, 5.74) is 0.775. The number of carbonyl (C=O) groups is 3. The zero-order valence-electron chi connectivity index (χ0n) is 19.2. The molecule has 2 aliphatic heterocycles. The molecule has 2 saturated heterocycles. The molecule has 1 N–H and O–H groups in total. The van der Waals surface area contributed by atoms with Crippen LogP contribution >= 0.6 is 0 Å². The van der Waals surface area contributed by atoms with Gasteiger partial charge in [-0.3, -0.25) is 9.59 Å². The lowest BCUT2D eigenvalue weighted by atomic mass is 10.0. The van der Waals surface area contributed by atoms with Crippen molar-refractivity contribution in [1.82, 2.24) is 25.1 Å². The van der Waals surface area contributed by atoms with Crippen molar-refractivity contribution in [2.45, 2.75) is 64.7 Å². The fourth-order valence-electron chi connectivity index (χ4n) is 4.39. The molecule has 32 heavy (non-hydrogen) atoms. The second kappa shape index (κ2) is 10.8. The largest absolute Gasteiger partial charge is 0.337 e. The quantitative estimate of drug-likeness (QED) is 0.665. The van der Waals surface area contributed by atoms with Crippen molar-refractivity contribution in [2.24, 2.45) is 0 Å². The van der Waals surface area contributed by atoms with Gasteiger partial charge in [0.1, 0.15) is 18.0 Å². The van der Waals surface area contributed by atoms with Gasteiger partial charge in [-0.2, -0.15) is 0 Å². The molecule has 0 radical (unpaired) electrons. The topological polar surface area (TPSA) is 76.2 Å². The first kappa shape index (κ1) is 24.0. The number of benzene rings is 1. The van der Waals surface area contributed by atoms with Gasteiger partial charge in [0.15, 0.2) is 0 Å². The van der Waals surface area contributed by atoms with E-state index in [-0.39, 0.29) is 36.8 Å². The van der Waals surface area contributed by atoms with Crippen LogP contribution in [0.1, 0.15) is 51.5 Å². The SMILES string of the molecule is CCCC[C@H]1C(=O)N(CCCC)CC2N1C(=O)CN(C)N2C(=O)NCc1ccc(F)cc1. The number of unbranched alkanes of at least 4 members (excludes halogenated alkanes) is 2. The van der Waals surface area contributed by atoms with Crippen LogP contribution < -0.4 is 5.32 Å². The number of amides is 4. The van der Waals surface area contributed by atoms with Crippen molar-refractivity contribution >= 4 is 17.8 Å². The van der Waals surface area contributed by atoms with E-state index in [1.807, 2.05) is 0 Å². The molecule has 3 rings (SSSR count). The lowest BCUT2D eigenvalue weighted by molar-refractivity contribution is -0.187.